The normalized spacial score (nSPS) is 12.2. The van der Waals surface area contributed by atoms with Crippen LogP contribution in [0.25, 0.3) is 0 Å². The third-order valence-corrected chi connectivity index (χ3v) is 4.18. The number of hydrogen-bond acceptors (Lipinski definition) is 7. The van der Waals surface area contributed by atoms with E-state index in [0.29, 0.717) is 33.9 Å². The molecular weight excluding hydrogens is 418 g/mol. The zero-order valence-electron chi connectivity index (χ0n) is 14.5. The highest BCUT2D eigenvalue weighted by Crippen LogP contribution is 2.35. The van der Waals surface area contributed by atoms with Gasteiger partial charge < -0.3 is 24.6 Å². The number of hydrazone groups is 1. The summed E-state index contributed by atoms with van der Waals surface area (Å²) < 4.78 is 16.3. The second-order valence-electron chi connectivity index (χ2n) is 5.50. The van der Waals surface area contributed by atoms with Gasteiger partial charge in [0.2, 0.25) is 6.79 Å². The Labute approximate surface area is 164 Å². The number of ether oxygens (including phenoxy) is 3. The first-order chi connectivity index (χ1) is 13.1. The third kappa shape index (κ3) is 4.82. The molecule has 27 heavy (non-hydrogen) atoms. The molecule has 0 bridgehead atoms. The van der Waals surface area contributed by atoms with Crippen LogP contribution in [0.5, 0.6) is 23.0 Å². The first-order valence-electron chi connectivity index (χ1n) is 8.17. The molecule has 0 saturated heterocycles. The van der Waals surface area contributed by atoms with Gasteiger partial charge in [0.05, 0.1) is 23.8 Å². The fraction of sp³-hybridized carbons (Fsp3) is 0.222. The van der Waals surface area contributed by atoms with E-state index in [0.717, 1.165) is 5.69 Å². The summed E-state index contributed by atoms with van der Waals surface area (Å²) in [5.74, 6) is 1.37. The summed E-state index contributed by atoms with van der Waals surface area (Å²) in [6.45, 7) is 2.48. The van der Waals surface area contributed by atoms with E-state index < -0.39 is 0 Å². The van der Waals surface area contributed by atoms with Gasteiger partial charge in [0.1, 0.15) is 0 Å². The lowest BCUT2D eigenvalue weighted by atomic mass is 10.2. The molecule has 0 unspecified atom stereocenters. The number of phenolic OH excluding ortho intramolecular Hbond substituents is 1. The van der Waals surface area contributed by atoms with Gasteiger partial charge in [-0.3, -0.25) is 4.79 Å². The molecule has 0 radical (unpaired) electrons. The van der Waals surface area contributed by atoms with Crippen molar-refractivity contribution in [2.75, 3.05) is 25.3 Å². The van der Waals surface area contributed by atoms with E-state index in [9.17, 15) is 9.90 Å². The van der Waals surface area contributed by atoms with Crippen LogP contribution in [0, 0.1) is 0 Å². The first-order valence-corrected chi connectivity index (χ1v) is 8.97. The Morgan fingerprint density at radius 1 is 1.33 bits per heavy atom. The molecule has 1 heterocycles. The van der Waals surface area contributed by atoms with Crippen LogP contribution in [-0.2, 0) is 4.79 Å². The van der Waals surface area contributed by atoms with Gasteiger partial charge >= 0.3 is 0 Å². The van der Waals surface area contributed by atoms with Crippen molar-refractivity contribution < 1.29 is 24.1 Å². The lowest BCUT2D eigenvalue weighted by Gasteiger charge is -2.08. The minimum Gasteiger partial charge on any atom is -0.503 e. The zero-order valence-corrected chi connectivity index (χ0v) is 16.1. The fourth-order valence-electron chi connectivity index (χ4n) is 2.34. The van der Waals surface area contributed by atoms with E-state index in [1.807, 2.05) is 6.92 Å². The van der Waals surface area contributed by atoms with Crippen molar-refractivity contribution in [3.8, 4) is 23.0 Å². The van der Waals surface area contributed by atoms with Gasteiger partial charge in [0.15, 0.2) is 23.0 Å². The van der Waals surface area contributed by atoms with Crippen molar-refractivity contribution in [3.63, 3.8) is 0 Å². The maximum atomic E-state index is 11.9. The lowest BCUT2D eigenvalue weighted by Crippen LogP contribution is -2.25. The van der Waals surface area contributed by atoms with Crippen LogP contribution >= 0.6 is 15.9 Å². The summed E-state index contributed by atoms with van der Waals surface area (Å²) in [5, 5.41) is 16.8. The summed E-state index contributed by atoms with van der Waals surface area (Å²) >= 11 is 3.25. The van der Waals surface area contributed by atoms with Gasteiger partial charge in [0.25, 0.3) is 5.91 Å². The summed E-state index contributed by atoms with van der Waals surface area (Å²) in [6, 6.07) is 8.64. The number of benzene rings is 2. The Morgan fingerprint density at radius 3 is 2.96 bits per heavy atom. The van der Waals surface area contributed by atoms with Crippen LogP contribution in [-0.4, -0.2) is 37.2 Å². The molecule has 1 aliphatic heterocycles. The van der Waals surface area contributed by atoms with Gasteiger partial charge in [-0.25, -0.2) is 5.43 Å². The maximum Gasteiger partial charge on any atom is 0.259 e. The molecule has 0 saturated carbocycles. The molecule has 1 amide bonds. The third-order valence-electron chi connectivity index (χ3n) is 3.58. The van der Waals surface area contributed by atoms with Crippen LogP contribution in [0.1, 0.15) is 12.5 Å². The minimum absolute atomic E-state index is 0.0194. The molecule has 0 aliphatic carbocycles. The second kappa shape index (κ2) is 8.63. The van der Waals surface area contributed by atoms with Crippen molar-refractivity contribution in [1.82, 2.24) is 5.43 Å². The number of fused-ring (bicyclic) bond motifs is 1. The molecule has 2 aromatic carbocycles. The van der Waals surface area contributed by atoms with Gasteiger partial charge in [-0.15, -0.1) is 0 Å². The Balaban J connectivity index is 1.53. The van der Waals surface area contributed by atoms with E-state index >= 15 is 0 Å². The molecule has 3 rings (SSSR count). The van der Waals surface area contributed by atoms with Crippen LogP contribution < -0.4 is 25.0 Å². The van der Waals surface area contributed by atoms with E-state index in [4.69, 9.17) is 14.2 Å². The second-order valence-corrected chi connectivity index (χ2v) is 6.35. The number of aromatic hydroxyl groups is 1. The molecule has 9 heteroatoms. The summed E-state index contributed by atoms with van der Waals surface area (Å²) in [6.07, 6.45) is 1.46. The number of carbonyl (C=O) groups is 1. The molecule has 0 aromatic heterocycles. The lowest BCUT2D eigenvalue weighted by molar-refractivity contribution is -0.119. The molecule has 3 N–H and O–H groups in total. The average Bonchev–Trinajstić information content (AvgIpc) is 3.12. The molecule has 2 aromatic rings. The highest BCUT2D eigenvalue weighted by atomic mass is 79.9. The van der Waals surface area contributed by atoms with E-state index in [2.05, 4.69) is 31.8 Å². The quantitative estimate of drug-likeness (QED) is 0.456. The van der Waals surface area contributed by atoms with E-state index in [1.165, 1.54) is 6.21 Å². The number of phenols is 1. The van der Waals surface area contributed by atoms with Gasteiger partial charge in [-0.2, -0.15) is 5.10 Å². The predicted octanol–water partition coefficient (Wildman–Crippen LogP) is 2.84. The highest BCUT2D eigenvalue weighted by Gasteiger charge is 2.13. The van der Waals surface area contributed by atoms with Gasteiger partial charge in [0, 0.05) is 11.8 Å². The Kier molecular flexibility index (Phi) is 6.02. The number of anilines is 1. The van der Waals surface area contributed by atoms with Crippen molar-refractivity contribution >= 4 is 33.7 Å². The van der Waals surface area contributed by atoms with E-state index in [-0.39, 0.29) is 25.0 Å². The Hall–Kier alpha value is -2.94. The fourth-order valence-corrected chi connectivity index (χ4v) is 2.80. The monoisotopic (exact) mass is 435 g/mol. The standard InChI is InChI=1S/C18H18BrN3O5/c1-2-25-16-6-11(5-13(19)18(16)24)8-21-22-17(23)9-20-12-3-4-14-15(7-12)27-10-26-14/h3-8,20,24H,2,9-10H2,1H3,(H,22,23)/b21-8-. The molecule has 1 aliphatic rings. The first kappa shape index (κ1) is 18.8. The SMILES string of the molecule is CCOc1cc(/C=N\NC(=O)CNc2ccc3c(c2)OCO3)cc(Br)c1O. The van der Waals surface area contributed by atoms with Gasteiger partial charge in [-0.05, 0) is 52.7 Å². The highest BCUT2D eigenvalue weighted by molar-refractivity contribution is 9.10. The van der Waals surface area contributed by atoms with Crippen molar-refractivity contribution in [3.05, 3.63) is 40.4 Å². The molecular formula is C18H18BrN3O5. The average molecular weight is 436 g/mol. The van der Waals surface area contributed by atoms with Crippen LogP contribution in [0.15, 0.2) is 39.9 Å². The van der Waals surface area contributed by atoms with Crippen LogP contribution in [0.3, 0.4) is 0 Å². The smallest absolute Gasteiger partial charge is 0.259 e. The summed E-state index contributed by atoms with van der Waals surface area (Å²) in [7, 11) is 0. The molecule has 0 spiro atoms. The predicted molar refractivity (Wildman–Crippen MR) is 104 cm³/mol. The summed E-state index contributed by atoms with van der Waals surface area (Å²) in [4.78, 5) is 11.9. The van der Waals surface area contributed by atoms with Crippen molar-refractivity contribution in [2.45, 2.75) is 6.92 Å². The van der Waals surface area contributed by atoms with Gasteiger partial charge in [-0.1, -0.05) is 0 Å². The number of amides is 1. The number of nitrogens with one attached hydrogen (secondary N) is 2. The number of rotatable bonds is 7. The number of carbonyl (C=O) groups excluding carboxylic acids is 1. The number of halogens is 1. The van der Waals surface area contributed by atoms with Crippen molar-refractivity contribution in [1.29, 1.82) is 0 Å². The molecule has 0 atom stereocenters. The Morgan fingerprint density at radius 2 is 2.15 bits per heavy atom. The minimum atomic E-state index is -0.313. The van der Waals surface area contributed by atoms with Crippen LogP contribution in [0.4, 0.5) is 5.69 Å². The Bertz CT molecular complexity index is 872. The zero-order chi connectivity index (χ0) is 19.2. The largest absolute Gasteiger partial charge is 0.503 e. The number of hydrogen-bond donors (Lipinski definition) is 3. The molecule has 8 nitrogen and oxygen atoms in total. The molecule has 142 valence electrons. The summed E-state index contributed by atoms with van der Waals surface area (Å²) in [5.41, 5.74) is 3.83. The topological polar surface area (TPSA) is 101 Å². The number of nitrogens with zero attached hydrogens (tertiary/aromatic N) is 1. The van der Waals surface area contributed by atoms with E-state index in [1.54, 1.807) is 30.3 Å². The maximum absolute atomic E-state index is 11.9. The van der Waals surface area contributed by atoms with Crippen LogP contribution in [0.2, 0.25) is 0 Å². The van der Waals surface area contributed by atoms with Crippen molar-refractivity contribution in [2.24, 2.45) is 5.10 Å². The molecule has 0 fully saturated rings.